The SMILES string of the molecule is COc1ccccc1NC(=O)Nc1ccc2n(c1=O)CC1CC2CN(C(=O)NC2CCCCC2)C1. The van der Waals surface area contributed by atoms with E-state index in [0.717, 1.165) is 25.0 Å². The molecule has 0 radical (unpaired) electrons. The summed E-state index contributed by atoms with van der Waals surface area (Å²) in [5.74, 6) is 0.868. The zero-order chi connectivity index (χ0) is 24.4. The van der Waals surface area contributed by atoms with Gasteiger partial charge in [0.25, 0.3) is 5.56 Å². The number of piperidine rings is 1. The molecule has 5 rings (SSSR count). The standard InChI is InChI=1S/C26H33N5O4/c1-35-23-10-6-5-9-20(23)28-25(33)29-21-11-12-22-18-13-17(15-31(22)24(21)32)14-30(16-18)26(34)27-19-7-3-2-4-8-19/h5-6,9-12,17-19H,2-4,7-8,13-16H2,1H3,(H,27,34)(H2,28,29,33). The second-order valence-electron chi connectivity index (χ2n) is 9.86. The van der Waals surface area contributed by atoms with Crippen LogP contribution in [0.15, 0.2) is 41.2 Å². The zero-order valence-corrected chi connectivity index (χ0v) is 20.1. The summed E-state index contributed by atoms with van der Waals surface area (Å²) in [5, 5.41) is 8.65. The average Bonchev–Trinajstić information content (AvgIpc) is 2.87. The van der Waals surface area contributed by atoms with Crippen LogP contribution in [0.5, 0.6) is 5.75 Å². The van der Waals surface area contributed by atoms with Gasteiger partial charge in [0.2, 0.25) is 0 Å². The normalized spacial score (nSPS) is 21.6. The maximum atomic E-state index is 13.2. The molecule has 2 unspecified atom stereocenters. The minimum absolute atomic E-state index is 0.0219. The summed E-state index contributed by atoms with van der Waals surface area (Å²) in [4.78, 5) is 40.7. The lowest BCUT2D eigenvalue weighted by atomic mass is 9.83. The first-order valence-corrected chi connectivity index (χ1v) is 12.5. The van der Waals surface area contributed by atoms with Crippen molar-refractivity contribution >= 4 is 23.4 Å². The summed E-state index contributed by atoms with van der Waals surface area (Å²) < 4.78 is 7.04. The first-order valence-electron chi connectivity index (χ1n) is 12.5. The Morgan fingerprint density at radius 3 is 2.51 bits per heavy atom. The Balaban J connectivity index is 1.27. The molecule has 35 heavy (non-hydrogen) atoms. The lowest BCUT2D eigenvalue weighted by Crippen LogP contribution is -2.53. The number of anilines is 2. The number of amides is 4. The van der Waals surface area contributed by atoms with Crippen LogP contribution in [0.4, 0.5) is 21.0 Å². The highest BCUT2D eigenvalue weighted by Crippen LogP contribution is 2.35. The number of hydrogen-bond donors (Lipinski definition) is 3. The molecule has 1 saturated carbocycles. The molecule has 1 aromatic carbocycles. The van der Waals surface area contributed by atoms with Gasteiger partial charge in [0.1, 0.15) is 11.4 Å². The number of pyridine rings is 1. The van der Waals surface area contributed by atoms with Crippen molar-refractivity contribution in [3.05, 3.63) is 52.4 Å². The minimum atomic E-state index is -0.506. The van der Waals surface area contributed by atoms with Crippen LogP contribution in [0.2, 0.25) is 0 Å². The number of likely N-dealkylation sites (tertiary alicyclic amines) is 1. The molecule has 9 nitrogen and oxygen atoms in total. The fourth-order valence-electron chi connectivity index (χ4n) is 5.74. The van der Waals surface area contributed by atoms with Crippen LogP contribution in [-0.4, -0.2) is 47.8 Å². The zero-order valence-electron chi connectivity index (χ0n) is 20.1. The van der Waals surface area contributed by atoms with Crippen molar-refractivity contribution in [3.63, 3.8) is 0 Å². The van der Waals surface area contributed by atoms with Gasteiger partial charge >= 0.3 is 12.1 Å². The molecule has 0 spiro atoms. The molecule has 1 saturated heterocycles. The van der Waals surface area contributed by atoms with E-state index in [2.05, 4.69) is 16.0 Å². The predicted octanol–water partition coefficient (Wildman–Crippen LogP) is 3.96. The Bertz CT molecular complexity index is 1160. The number of carbonyl (C=O) groups is 2. The van der Waals surface area contributed by atoms with E-state index in [9.17, 15) is 14.4 Å². The summed E-state index contributed by atoms with van der Waals surface area (Å²) in [5.41, 5.74) is 1.46. The van der Waals surface area contributed by atoms with Gasteiger partial charge in [-0.3, -0.25) is 4.79 Å². The highest BCUT2D eigenvalue weighted by molar-refractivity contribution is 6.00. The largest absolute Gasteiger partial charge is 0.495 e. The number of fused-ring (bicyclic) bond motifs is 4. The topological polar surface area (TPSA) is 105 Å². The van der Waals surface area contributed by atoms with Crippen LogP contribution in [0, 0.1) is 5.92 Å². The lowest BCUT2D eigenvalue weighted by molar-refractivity contribution is 0.127. The fourth-order valence-corrected chi connectivity index (χ4v) is 5.74. The maximum Gasteiger partial charge on any atom is 0.323 e. The summed E-state index contributed by atoms with van der Waals surface area (Å²) >= 11 is 0. The average molecular weight is 480 g/mol. The molecule has 3 N–H and O–H groups in total. The Hall–Kier alpha value is -3.49. The third-order valence-corrected chi connectivity index (χ3v) is 7.43. The van der Waals surface area contributed by atoms with E-state index in [1.165, 1.54) is 26.4 Å². The Labute approximate surface area is 204 Å². The Kier molecular flexibility index (Phi) is 6.66. The van der Waals surface area contributed by atoms with Crippen molar-refractivity contribution in [1.29, 1.82) is 0 Å². The highest BCUT2D eigenvalue weighted by Gasteiger charge is 2.37. The molecule has 2 aliphatic heterocycles. The number of aromatic nitrogens is 1. The Morgan fingerprint density at radius 1 is 0.943 bits per heavy atom. The highest BCUT2D eigenvalue weighted by atomic mass is 16.5. The predicted molar refractivity (Wildman–Crippen MR) is 134 cm³/mol. The van der Waals surface area contributed by atoms with Crippen molar-refractivity contribution in [2.45, 2.75) is 57.0 Å². The maximum absolute atomic E-state index is 13.2. The third kappa shape index (κ3) is 4.99. The number of carbonyl (C=O) groups excluding carboxylic acids is 2. The molecular weight excluding hydrogens is 446 g/mol. The van der Waals surface area contributed by atoms with Gasteiger partial charge in [0.05, 0.1) is 12.8 Å². The van der Waals surface area contributed by atoms with Crippen molar-refractivity contribution in [1.82, 2.24) is 14.8 Å². The van der Waals surface area contributed by atoms with Gasteiger partial charge in [-0.05, 0) is 49.4 Å². The van der Waals surface area contributed by atoms with Crippen LogP contribution in [-0.2, 0) is 6.54 Å². The van der Waals surface area contributed by atoms with Crippen LogP contribution >= 0.6 is 0 Å². The number of para-hydroxylation sites is 2. The molecule has 1 aromatic heterocycles. The first-order chi connectivity index (χ1) is 17.0. The summed E-state index contributed by atoms with van der Waals surface area (Å²) in [6.07, 6.45) is 6.70. The smallest absolute Gasteiger partial charge is 0.323 e. The van der Waals surface area contributed by atoms with Crippen molar-refractivity contribution in [2.24, 2.45) is 5.92 Å². The van der Waals surface area contributed by atoms with E-state index in [4.69, 9.17) is 4.74 Å². The number of nitrogens with one attached hydrogen (secondary N) is 3. The van der Waals surface area contributed by atoms with E-state index in [0.29, 0.717) is 31.1 Å². The van der Waals surface area contributed by atoms with Crippen LogP contribution < -0.4 is 26.2 Å². The number of hydrogen-bond acceptors (Lipinski definition) is 4. The number of nitrogens with zero attached hydrogens (tertiary/aromatic N) is 2. The van der Waals surface area contributed by atoms with Crippen molar-refractivity contribution in [2.75, 3.05) is 30.8 Å². The second-order valence-corrected chi connectivity index (χ2v) is 9.86. The van der Waals surface area contributed by atoms with Crippen LogP contribution in [0.1, 0.15) is 50.1 Å². The molecule has 3 heterocycles. The fraction of sp³-hybridized carbons (Fsp3) is 0.500. The van der Waals surface area contributed by atoms with E-state index in [1.807, 2.05) is 17.0 Å². The molecule has 4 amide bonds. The molecule has 3 aliphatic rings. The lowest BCUT2D eigenvalue weighted by Gasteiger charge is -2.43. The number of benzene rings is 1. The van der Waals surface area contributed by atoms with E-state index < -0.39 is 6.03 Å². The number of ether oxygens (including phenoxy) is 1. The monoisotopic (exact) mass is 479 g/mol. The number of urea groups is 2. The number of rotatable bonds is 4. The molecule has 2 atom stereocenters. The van der Waals surface area contributed by atoms with Gasteiger partial charge < -0.3 is 30.2 Å². The second kappa shape index (κ2) is 10.0. The van der Waals surface area contributed by atoms with Gasteiger partial charge in [-0.1, -0.05) is 31.4 Å². The summed E-state index contributed by atoms with van der Waals surface area (Å²) in [6.45, 7) is 1.80. The van der Waals surface area contributed by atoms with Crippen LogP contribution in [0.3, 0.4) is 0 Å². The third-order valence-electron chi connectivity index (χ3n) is 7.43. The molecular formula is C26H33N5O4. The summed E-state index contributed by atoms with van der Waals surface area (Å²) in [7, 11) is 1.53. The number of methoxy groups -OCH3 is 1. The summed E-state index contributed by atoms with van der Waals surface area (Å²) in [6, 6.07) is 10.5. The van der Waals surface area contributed by atoms with Gasteiger partial charge in [0, 0.05) is 37.3 Å². The minimum Gasteiger partial charge on any atom is -0.495 e. The van der Waals surface area contributed by atoms with E-state index >= 15 is 0 Å². The molecule has 2 fully saturated rings. The Morgan fingerprint density at radius 2 is 1.71 bits per heavy atom. The van der Waals surface area contributed by atoms with Crippen molar-refractivity contribution in [3.8, 4) is 5.75 Å². The van der Waals surface area contributed by atoms with Gasteiger partial charge in [-0.2, -0.15) is 0 Å². The van der Waals surface area contributed by atoms with Gasteiger partial charge in [0.15, 0.2) is 0 Å². The van der Waals surface area contributed by atoms with Gasteiger partial charge in [-0.15, -0.1) is 0 Å². The molecule has 2 bridgehead atoms. The quantitative estimate of drug-likeness (QED) is 0.617. The molecule has 1 aliphatic carbocycles. The van der Waals surface area contributed by atoms with E-state index in [-0.39, 0.29) is 35.2 Å². The molecule has 2 aromatic rings. The molecule has 186 valence electrons. The first kappa shape index (κ1) is 23.3. The molecule has 9 heteroatoms. The van der Waals surface area contributed by atoms with E-state index in [1.54, 1.807) is 28.8 Å². The van der Waals surface area contributed by atoms with Crippen molar-refractivity contribution < 1.29 is 14.3 Å². The van der Waals surface area contributed by atoms with Gasteiger partial charge in [-0.25, -0.2) is 9.59 Å². The van der Waals surface area contributed by atoms with Crippen LogP contribution in [0.25, 0.3) is 0 Å².